The van der Waals surface area contributed by atoms with E-state index in [2.05, 4.69) is 4.90 Å². The van der Waals surface area contributed by atoms with E-state index in [1.807, 2.05) is 11.9 Å². The maximum Gasteiger partial charge on any atom is 0.180 e. The number of halogens is 1. The number of piperazine rings is 1. The largest absolute Gasteiger partial charge is 0.397 e. The summed E-state index contributed by atoms with van der Waals surface area (Å²) in [7, 11) is -1.28. The maximum absolute atomic E-state index is 12.3. The average molecular weight is 318 g/mol. The van der Waals surface area contributed by atoms with E-state index < -0.39 is 9.84 Å². The zero-order valence-corrected chi connectivity index (χ0v) is 13.3. The molecule has 0 atom stereocenters. The fourth-order valence-corrected chi connectivity index (χ4v) is 3.75. The first-order chi connectivity index (χ1) is 9.36. The lowest BCUT2D eigenvalue weighted by atomic mass is 10.2. The highest BCUT2D eigenvalue weighted by Gasteiger charge is 2.26. The van der Waals surface area contributed by atoms with E-state index in [1.165, 1.54) is 0 Å². The van der Waals surface area contributed by atoms with Crippen molar-refractivity contribution in [1.82, 2.24) is 4.90 Å². The summed E-state index contributed by atoms with van der Waals surface area (Å²) in [6, 6.07) is 3.12. The molecule has 0 aromatic heterocycles. The standard InChI is InChI=1S/C13H20ClN3O2S/c1-3-20(18,19)11-5-4-10(15)12(14)13(11)17-8-6-16(2)7-9-17/h4-5H,3,6-9,15H2,1-2H3. The normalized spacial score (nSPS) is 17.4. The number of nitrogen functional groups attached to an aromatic ring is 1. The fourth-order valence-electron chi connectivity index (χ4n) is 2.29. The molecular weight excluding hydrogens is 298 g/mol. The molecule has 1 aromatic rings. The molecule has 1 aromatic carbocycles. The van der Waals surface area contributed by atoms with Crippen LogP contribution in [0, 0.1) is 0 Å². The molecule has 0 spiro atoms. The van der Waals surface area contributed by atoms with Crippen molar-refractivity contribution in [2.24, 2.45) is 0 Å². The lowest BCUT2D eigenvalue weighted by Crippen LogP contribution is -2.45. The summed E-state index contributed by atoms with van der Waals surface area (Å²) >= 11 is 6.29. The molecule has 20 heavy (non-hydrogen) atoms. The lowest BCUT2D eigenvalue weighted by Gasteiger charge is -2.35. The van der Waals surface area contributed by atoms with Gasteiger partial charge in [-0.3, -0.25) is 0 Å². The summed E-state index contributed by atoms with van der Waals surface area (Å²) < 4.78 is 24.5. The first kappa shape index (κ1) is 15.4. The van der Waals surface area contributed by atoms with Gasteiger partial charge in [-0.05, 0) is 19.2 Å². The molecule has 1 aliphatic rings. The van der Waals surface area contributed by atoms with Gasteiger partial charge in [0.05, 0.1) is 27.0 Å². The van der Waals surface area contributed by atoms with Gasteiger partial charge in [0.1, 0.15) is 0 Å². The number of rotatable bonds is 3. The van der Waals surface area contributed by atoms with Crippen LogP contribution in [0.4, 0.5) is 11.4 Å². The molecule has 1 aliphatic heterocycles. The van der Waals surface area contributed by atoms with Gasteiger partial charge >= 0.3 is 0 Å². The predicted octanol–water partition coefficient (Wildman–Crippen LogP) is 1.47. The number of nitrogens with zero attached hydrogens (tertiary/aromatic N) is 2. The molecule has 1 heterocycles. The van der Waals surface area contributed by atoms with Gasteiger partial charge in [0.15, 0.2) is 9.84 Å². The van der Waals surface area contributed by atoms with Crippen LogP contribution >= 0.6 is 11.6 Å². The molecule has 1 fully saturated rings. The smallest absolute Gasteiger partial charge is 0.180 e. The average Bonchev–Trinajstić information content (AvgIpc) is 2.42. The van der Waals surface area contributed by atoms with Crippen LogP contribution in [0.2, 0.25) is 5.02 Å². The highest BCUT2D eigenvalue weighted by atomic mass is 35.5. The van der Waals surface area contributed by atoms with E-state index in [-0.39, 0.29) is 10.6 Å². The van der Waals surface area contributed by atoms with Crippen LogP contribution < -0.4 is 10.6 Å². The summed E-state index contributed by atoms with van der Waals surface area (Å²) in [5.74, 6) is 0.0496. The van der Waals surface area contributed by atoms with Gasteiger partial charge in [0.25, 0.3) is 0 Å². The fraction of sp³-hybridized carbons (Fsp3) is 0.538. The van der Waals surface area contributed by atoms with Crippen LogP contribution in [0.15, 0.2) is 17.0 Å². The van der Waals surface area contributed by atoms with E-state index in [9.17, 15) is 8.42 Å². The number of hydrogen-bond donors (Lipinski definition) is 1. The second-order valence-electron chi connectivity index (χ2n) is 5.01. The molecule has 7 heteroatoms. The van der Waals surface area contributed by atoms with Crippen LogP contribution in [-0.4, -0.2) is 52.3 Å². The quantitative estimate of drug-likeness (QED) is 0.855. The molecule has 0 bridgehead atoms. The number of hydrogen-bond acceptors (Lipinski definition) is 5. The summed E-state index contributed by atoms with van der Waals surface area (Å²) in [4.78, 5) is 4.50. The minimum Gasteiger partial charge on any atom is -0.397 e. The SMILES string of the molecule is CCS(=O)(=O)c1ccc(N)c(Cl)c1N1CCN(C)CC1. The highest BCUT2D eigenvalue weighted by Crippen LogP contribution is 2.38. The first-order valence-corrected chi connectivity index (χ1v) is 8.64. The third-order valence-corrected chi connectivity index (χ3v) is 5.80. The Kier molecular flexibility index (Phi) is 4.46. The van der Waals surface area contributed by atoms with Crippen molar-refractivity contribution in [1.29, 1.82) is 0 Å². The Morgan fingerprint density at radius 2 is 1.85 bits per heavy atom. The highest BCUT2D eigenvalue weighted by molar-refractivity contribution is 7.91. The van der Waals surface area contributed by atoms with E-state index in [0.717, 1.165) is 26.2 Å². The minimum absolute atomic E-state index is 0.0496. The Hall–Kier alpha value is -0.980. The van der Waals surface area contributed by atoms with Crippen molar-refractivity contribution >= 4 is 32.8 Å². The molecule has 2 N–H and O–H groups in total. The predicted molar refractivity (Wildman–Crippen MR) is 83.3 cm³/mol. The lowest BCUT2D eigenvalue weighted by molar-refractivity contribution is 0.312. The van der Waals surface area contributed by atoms with Crippen molar-refractivity contribution in [3.05, 3.63) is 17.2 Å². The van der Waals surface area contributed by atoms with Gasteiger partial charge in [0.2, 0.25) is 0 Å². The summed E-state index contributed by atoms with van der Waals surface area (Å²) in [5, 5.41) is 0.337. The number of nitrogens with two attached hydrogens (primary N) is 1. The Morgan fingerprint density at radius 1 is 1.25 bits per heavy atom. The molecule has 0 radical (unpaired) electrons. The molecular formula is C13H20ClN3O2S. The number of anilines is 2. The van der Waals surface area contributed by atoms with Crippen molar-refractivity contribution in [2.45, 2.75) is 11.8 Å². The Balaban J connectivity index is 2.52. The van der Waals surface area contributed by atoms with Gasteiger partial charge in [-0.25, -0.2) is 8.42 Å². The summed E-state index contributed by atoms with van der Waals surface area (Å²) in [5.41, 5.74) is 6.81. The zero-order valence-electron chi connectivity index (χ0n) is 11.8. The van der Waals surface area contributed by atoms with E-state index in [0.29, 0.717) is 16.4 Å². The minimum atomic E-state index is -3.33. The van der Waals surface area contributed by atoms with Crippen LogP contribution in [0.1, 0.15) is 6.92 Å². The van der Waals surface area contributed by atoms with E-state index in [1.54, 1.807) is 19.1 Å². The van der Waals surface area contributed by atoms with Gasteiger partial charge in [-0.2, -0.15) is 0 Å². The third-order valence-electron chi connectivity index (χ3n) is 3.64. The second kappa shape index (κ2) is 5.79. The van der Waals surface area contributed by atoms with Crippen molar-refractivity contribution in [3.63, 3.8) is 0 Å². The first-order valence-electron chi connectivity index (χ1n) is 6.61. The summed E-state index contributed by atoms with van der Waals surface area (Å²) in [6.45, 7) is 4.86. The topological polar surface area (TPSA) is 66.6 Å². The van der Waals surface area contributed by atoms with Gasteiger partial charge in [0, 0.05) is 26.2 Å². The molecule has 0 unspecified atom stereocenters. The molecule has 5 nitrogen and oxygen atoms in total. The molecule has 2 rings (SSSR count). The van der Waals surface area contributed by atoms with Crippen molar-refractivity contribution in [3.8, 4) is 0 Å². The van der Waals surface area contributed by atoms with Gasteiger partial charge in [-0.1, -0.05) is 18.5 Å². The van der Waals surface area contributed by atoms with Crippen molar-refractivity contribution < 1.29 is 8.42 Å². The maximum atomic E-state index is 12.3. The van der Waals surface area contributed by atoms with Gasteiger partial charge < -0.3 is 15.5 Å². The Bertz CT molecular complexity index is 596. The molecule has 0 aliphatic carbocycles. The molecule has 1 saturated heterocycles. The third kappa shape index (κ3) is 2.87. The van der Waals surface area contributed by atoms with Crippen LogP contribution in [0.3, 0.4) is 0 Å². The second-order valence-corrected chi connectivity index (χ2v) is 7.63. The van der Waals surface area contributed by atoms with Crippen LogP contribution in [0.5, 0.6) is 0 Å². The number of likely N-dealkylation sites (N-methyl/N-ethyl adjacent to an activating group) is 1. The zero-order chi connectivity index (χ0) is 14.9. The van der Waals surface area contributed by atoms with E-state index >= 15 is 0 Å². The Labute approximate surface area is 125 Å². The molecule has 0 saturated carbocycles. The molecule has 112 valence electrons. The monoisotopic (exact) mass is 317 g/mol. The number of benzene rings is 1. The van der Waals surface area contributed by atoms with Gasteiger partial charge in [-0.15, -0.1) is 0 Å². The number of sulfone groups is 1. The van der Waals surface area contributed by atoms with E-state index in [4.69, 9.17) is 17.3 Å². The molecule has 0 amide bonds. The van der Waals surface area contributed by atoms with Crippen LogP contribution in [0.25, 0.3) is 0 Å². The summed E-state index contributed by atoms with van der Waals surface area (Å²) in [6.07, 6.45) is 0. The Morgan fingerprint density at radius 3 is 2.40 bits per heavy atom. The van der Waals surface area contributed by atoms with Crippen LogP contribution in [-0.2, 0) is 9.84 Å². The van der Waals surface area contributed by atoms with Crippen molar-refractivity contribution in [2.75, 3.05) is 49.6 Å².